The minimum Gasteiger partial charge on any atom is -0.459 e. The molecule has 3 aromatic rings. The van der Waals surface area contributed by atoms with Gasteiger partial charge in [0.1, 0.15) is 6.61 Å². The molecule has 174 valence electrons. The van der Waals surface area contributed by atoms with E-state index in [0.29, 0.717) is 6.23 Å². The lowest BCUT2D eigenvalue weighted by Crippen LogP contribution is -2.72. The summed E-state index contributed by atoms with van der Waals surface area (Å²) in [6.45, 7) is 4.44. The number of carbonyl (C=O) groups excluding carboxylic acids is 1. The molecule has 0 saturated heterocycles. The van der Waals surface area contributed by atoms with Crippen LogP contribution in [0.3, 0.4) is 0 Å². The molecular formula is C27H31ClO4Si. The van der Waals surface area contributed by atoms with Crippen LogP contribution in [0.15, 0.2) is 91.0 Å². The zero-order valence-corrected chi connectivity index (χ0v) is 20.9. The number of aliphatic hydroxyl groups excluding tert-OH is 1. The molecule has 1 N–H and O–H groups in total. The lowest BCUT2D eigenvalue weighted by atomic mass is 10.2. The highest BCUT2D eigenvalue weighted by atomic mass is 35.5. The van der Waals surface area contributed by atoms with Crippen LogP contribution in [0.2, 0.25) is 0 Å². The van der Waals surface area contributed by atoms with Crippen LogP contribution in [-0.4, -0.2) is 42.6 Å². The van der Waals surface area contributed by atoms with Crippen molar-refractivity contribution in [2.24, 2.45) is 0 Å². The van der Waals surface area contributed by atoms with Gasteiger partial charge >= 0.3 is 5.97 Å². The molecule has 3 rings (SSSR count). The zero-order chi connectivity index (χ0) is 23.7. The molecule has 3 aromatic carbocycles. The summed E-state index contributed by atoms with van der Waals surface area (Å²) in [4.78, 5) is 12.2. The standard InChI is InChI=1S/C27H31ClO4Si/c1-27(2,28)33(23-14-8-4-9-15-23,24-16-10-5-11-17-24)21-31-19-18-25(29)26(30)32-20-22-12-6-3-7-13-22/h3-17,25,29H,18-21H2,1-2H3. The van der Waals surface area contributed by atoms with E-state index in [1.165, 1.54) is 10.4 Å². The number of aliphatic hydroxyl groups is 1. The first kappa shape index (κ1) is 25.2. The van der Waals surface area contributed by atoms with E-state index in [4.69, 9.17) is 21.1 Å². The van der Waals surface area contributed by atoms with Crippen LogP contribution in [0.5, 0.6) is 0 Å². The van der Waals surface area contributed by atoms with Gasteiger partial charge in [-0.1, -0.05) is 101 Å². The van der Waals surface area contributed by atoms with Crippen LogP contribution in [0.4, 0.5) is 0 Å². The number of halogens is 1. The quantitative estimate of drug-likeness (QED) is 0.195. The number of esters is 1. The van der Waals surface area contributed by atoms with Gasteiger partial charge in [-0.2, -0.15) is 0 Å². The number of alkyl halides is 1. The average Bonchev–Trinajstić information content (AvgIpc) is 2.83. The second-order valence-electron chi connectivity index (χ2n) is 8.56. The minimum absolute atomic E-state index is 0.135. The Kier molecular flexibility index (Phi) is 8.86. The van der Waals surface area contributed by atoms with Crippen molar-refractivity contribution < 1.29 is 19.4 Å². The first-order valence-electron chi connectivity index (χ1n) is 11.1. The molecule has 0 spiro atoms. The van der Waals surface area contributed by atoms with Gasteiger partial charge in [0.05, 0.1) is 0 Å². The van der Waals surface area contributed by atoms with Crippen molar-refractivity contribution in [3.8, 4) is 0 Å². The molecule has 0 amide bonds. The van der Waals surface area contributed by atoms with E-state index < -0.39 is 24.6 Å². The molecule has 0 saturated carbocycles. The van der Waals surface area contributed by atoms with Gasteiger partial charge in [-0.15, -0.1) is 11.6 Å². The molecule has 6 heteroatoms. The third-order valence-corrected chi connectivity index (χ3v) is 12.2. The molecule has 4 nitrogen and oxygen atoms in total. The second-order valence-corrected chi connectivity index (χ2v) is 14.3. The molecule has 0 fully saturated rings. The highest BCUT2D eigenvalue weighted by Crippen LogP contribution is 2.28. The van der Waals surface area contributed by atoms with Crippen LogP contribution in [-0.2, 0) is 20.9 Å². The van der Waals surface area contributed by atoms with Gasteiger partial charge in [0.15, 0.2) is 14.2 Å². The van der Waals surface area contributed by atoms with Crippen molar-refractivity contribution in [1.82, 2.24) is 0 Å². The maximum atomic E-state index is 12.2. The molecule has 0 aliphatic rings. The van der Waals surface area contributed by atoms with Crippen LogP contribution in [0.25, 0.3) is 0 Å². The zero-order valence-electron chi connectivity index (χ0n) is 19.1. The van der Waals surface area contributed by atoms with Gasteiger partial charge in [0, 0.05) is 23.8 Å². The summed E-state index contributed by atoms with van der Waals surface area (Å²) in [6, 6.07) is 29.9. The Morgan fingerprint density at radius 2 is 1.39 bits per heavy atom. The highest BCUT2D eigenvalue weighted by molar-refractivity contribution is 7.08. The van der Waals surface area contributed by atoms with Crippen molar-refractivity contribution in [3.05, 3.63) is 96.6 Å². The average molecular weight is 483 g/mol. The van der Waals surface area contributed by atoms with E-state index in [2.05, 4.69) is 24.3 Å². The third kappa shape index (κ3) is 6.33. The van der Waals surface area contributed by atoms with Gasteiger partial charge in [0.2, 0.25) is 0 Å². The summed E-state index contributed by atoms with van der Waals surface area (Å²) in [7, 11) is -2.56. The largest absolute Gasteiger partial charge is 0.459 e. The summed E-state index contributed by atoms with van der Waals surface area (Å²) in [5.41, 5.74) is 0.875. The lowest BCUT2D eigenvalue weighted by Gasteiger charge is -2.42. The third-order valence-electron chi connectivity index (χ3n) is 5.90. The Bertz CT molecular complexity index is 951. The Morgan fingerprint density at radius 3 is 1.88 bits per heavy atom. The predicted octanol–water partition coefficient (Wildman–Crippen LogP) is 3.86. The van der Waals surface area contributed by atoms with Crippen molar-refractivity contribution >= 4 is 36.0 Å². The molecular weight excluding hydrogens is 452 g/mol. The van der Waals surface area contributed by atoms with Crippen LogP contribution < -0.4 is 10.4 Å². The first-order chi connectivity index (χ1) is 15.8. The highest BCUT2D eigenvalue weighted by Gasteiger charge is 2.49. The topological polar surface area (TPSA) is 55.8 Å². The van der Waals surface area contributed by atoms with E-state index in [1.54, 1.807) is 0 Å². The molecule has 0 heterocycles. The van der Waals surface area contributed by atoms with Crippen LogP contribution >= 0.6 is 11.6 Å². The van der Waals surface area contributed by atoms with E-state index >= 15 is 0 Å². The van der Waals surface area contributed by atoms with Crippen LogP contribution in [0, 0.1) is 0 Å². The summed E-state index contributed by atoms with van der Waals surface area (Å²) < 4.78 is 10.8. The van der Waals surface area contributed by atoms with E-state index in [9.17, 15) is 9.90 Å². The van der Waals surface area contributed by atoms with Crippen molar-refractivity contribution in [2.45, 2.75) is 37.5 Å². The molecule has 1 unspecified atom stereocenters. The Morgan fingerprint density at radius 1 is 0.909 bits per heavy atom. The van der Waals surface area contributed by atoms with Crippen molar-refractivity contribution in [1.29, 1.82) is 0 Å². The lowest BCUT2D eigenvalue weighted by molar-refractivity contribution is -0.155. The number of ether oxygens (including phenoxy) is 2. The maximum absolute atomic E-state index is 12.2. The fourth-order valence-electron chi connectivity index (χ4n) is 4.00. The van der Waals surface area contributed by atoms with E-state index in [0.717, 1.165) is 5.56 Å². The Labute approximate surface area is 202 Å². The molecule has 33 heavy (non-hydrogen) atoms. The first-order valence-corrected chi connectivity index (χ1v) is 13.7. The van der Waals surface area contributed by atoms with Gasteiger partial charge in [0.25, 0.3) is 0 Å². The number of rotatable bonds is 11. The molecule has 1 atom stereocenters. The number of carbonyl (C=O) groups is 1. The maximum Gasteiger partial charge on any atom is 0.335 e. The number of hydrogen-bond acceptors (Lipinski definition) is 4. The molecule has 0 radical (unpaired) electrons. The summed E-state index contributed by atoms with van der Waals surface area (Å²) in [6.07, 6.45) is -0.643. The molecule has 0 aromatic heterocycles. The smallest absolute Gasteiger partial charge is 0.335 e. The molecule has 0 bridgehead atoms. The fraction of sp³-hybridized carbons (Fsp3) is 0.296. The number of hydrogen-bond donors (Lipinski definition) is 1. The van der Waals surface area contributed by atoms with E-state index in [1.807, 2.05) is 80.6 Å². The fourth-order valence-corrected chi connectivity index (χ4v) is 9.17. The minimum atomic E-state index is -2.56. The normalized spacial score (nSPS) is 12.8. The predicted molar refractivity (Wildman–Crippen MR) is 136 cm³/mol. The van der Waals surface area contributed by atoms with Gasteiger partial charge in [-0.3, -0.25) is 0 Å². The van der Waals surface area contributed by atoms with E-state index in [-0.39, 0.29) is 19.6 Å². The van der Waals surface area contributed by atoms with Gasteiger partial charge in [-0.05, 0) is 19.4 Å². The van der Waals surface area contributed by atoms with Crippen molar-refractivity contribution in [3.63, 3.8) is 0 Å². The van der Waals surface area contributed by atoms with Gasteiger partial charge < -0.3 is 14.6 Å². The Balaban J connectivity index is 1.66. The molecule has 0 aliphatic carbocycles. The second kappa shape index (κ2) is 11.6. The Hall–Kier alpha value is -2.44. The van der Waals surface area contributed by atoms with Crippen LogP contribution in [0.1, 0.15) is 25.8 Å². The summed E-state index contributed by atoms with van der Waals surface area (Å²) in [5, 5.41) is 12.6. The number of benzene rings is 3. The summed E-state index contributed by atoms with van der Waals surface area (Å²) in [5.74, 6) is -0.644. The summed E-state index contributed by atoms with van der Waals surface area (Å²) >= 11 is 7.07. The van der Waals surface area contributed by atoms with Crippen molar-refractivity contribution in [2.75, 3.05) is 12.8 Å². The monoisotopic (exact) mass is 482 g/mol. The SMILES string of the molecule is CC(C)(Cl)[Si](COCCC(O)C(=O)OCc1ccccc1)(c1ccccc1)c1ccccc1. The van der Waals surface area contributed by atoms with Gasteiger partial charge in [-0.25, -0.2) is 4.79 Å². The molecule has 0 aliphatic heterocycles.